The molecule has 0 aromatic heterocycles. The maximum atomic E-state index is 6.00. The Kier molecular flexibility index (Phi) is 6.51. The summed E-state index contributed by atoms with van der Waals surface area (Å²) in [5.41, 5.74) is 1.19. The lowest BCUT2D eigenvalue weighted by molar-refractivity contribution is 0.364. The molecule has 1 N–H and O–H groups in total. The zero-order valence-corrected chi connectivity index (χ0v) is 12.6. The molecule has 0 saturated heterocycles. The van der Waals surface area contributed by atoms with Crippen LogP contribution in [-0.2, 0) is 0 Å². The molecule has 3 heteroatoms. The summed E-state index contributed by atoms with van der Waals surface area (Å²) in [5, 5.41) is 4.10. The standard InChI is InChI=1S/C15H24ClNO/c1-5-11(6-2)9-14(17-3)13-8-7-12(16)10-15(13)18-4/h7-8,10-11,14,17H,5-6,9H2,1-4H3. The van der Waals surface area contributed by atoms with Gasteiger partial charge in [-0.3, -0.25) is 0 Å². The van der Waals surface area contributed by atoms with Gasteiger partial charge in [0.15, 0.2) is 0 Å². The summed E-state index contributed by atoms with van der Waals surface area (Å²) in [4.78, 5) is 0. The summed E-state index contributed by atoms with van der Waals surface area (Å²) < 4.78 is 5.43. The van der Waals surface area contributed by atoms with E-state index in [1.54, 1.807) is 7.11 Å². The molecule has 0 amide bonds. The van der Waals surface area contributed by atoms with Crippen molar-refractivity contribution in [2.24, 2.45) is 5.92 Å². The zero-order valence-electron chi connectivity index (χ0n) is 11.8. The summed E-state index contributed by atoms with van der Waals surface area (Å²) in [6.07, 6.45) is 3.55. The number of methoxy groups -OCH3 is 1. The van der Waals surface area contributed by atoms with E-state index in [1.165, 1.54) is 18.4 Å². The third-order valence-electron chi connectivity index (χ3n) is 3.64. The van der Waals surface area contributed by atoms with Crippen molar-refractivity contribution in [3.63, 3.8) is 0 Å². The predicted molar refractivity (Wildman–Crippen MR) is 78.5 cm³/mol. The fourth-order valence-electron chi connectivity index (χ4n) is 2.33. The van der Waals surface area contributed by atoms with Crippen LogP contribution in [0.25, 0.3) is 0 Å². The average Bonchev–Trinajstić information content (AvgIpc) is 2.41. The fraction of sp³-hybridized carbons (Fsp3) is 0.600. The highest BCUT2D eigenvalue weighted by Gasteiger charge is 2.18. The third-order valence-corrected chi connectivity index (χ3v) is 3.88. The molecule has 102 valence electrons. The van der Waals surface area contributed by atoms with E-state index in [0.717, 1.165) is 18.1 Å². The largest absolute Gasteiger partial charge is 0.496 e. The summed E-state index contributed by atoms with van der Waals surface area (Å²) in [7, 11) is 3.69. The minimum absolute atomic E-state index is 0.321. The lowest BCUT2D eigenvalue weighted by atomic mass is 9.91. The van der Waals surface area contributed by atoms with Crippen LogP contribution >= 0.6 is 11.6 Å². The Morgan fingerprint density at radius 1 is 1.28 bits per heavy atom. The molecule has 1 aromatic rings. The SMILES string of the molecule is CCC(CC)CC(NC)c1ccc(Cl)cc1OC. The Balaban J connectivity index is 2.93. The van der Waals surface area contributed by atoms with Gasteiger partial charge >= 0.3 is 0 Å². The van der Waals surface area contributed by atoms with Gasteiger partial charge in [-0.15, -0.1) is 0 Å². The molecule has 1 unspecified atom stereocenters. The number of halogens is 1. The van der Waals surface area contributed by atoms with Gasteiger partial charge in [-0.25, -0.2) is 0 Å². The Hall–Kier alpha value is -0.730. The van der Waals surface area contributed by atoms with Gasteiger partial charge in [-0.1, -0.05) is 44.4 Å². The molecule has 1 atom stereocenters. The maximum Gasteiger partial charge on any atom is 0.125 e. The van der Waals surface area contributed by atoms with E-state index in [4.69, 9.17) is 16.3 Å². The first-order valence-corrected chi connectivity index (χ1v) is 7.04. The number of benzene rings is 1. The smallest absolute Gasteiger partial charge is 0.125 e. The molecular formula is C15H24ClNO. The van der Waals surface area contributed by atoms with Crippen molar-refractivity contribution in [1.29, 1.82) is 0 Å². The van der Waals surface area contributed by atoms with Crippen molar-refractivity contribution in [3.05, 3.63) is 28.8 Å². The zero-order chi connectivity index (χ0) is 13.5. The van der Waals surface area contributed by atoms with Gasteiger partial charge in [0, 0.05) is 16.6 Å². The lowest BCUT2D eigenvalue weighted by Crippen LogP contribution is -2.20. The van der Waals surface area contributed by atoms with Crippen LogP contribution in [0.4, 0.5) is 0 Å². The Morgan fingerprint density at radius 2 is 1.94 bits per heavy atom. The Bertz CT molecular complexity index is 364. The second-order valence-electron chi connectivity index (χ2n) is 4.65. The number of ether oxygens (including phenoxy) is 1. The van der Waals surface area contributed by atoms with E-state index in [2.05, 4.69) is 25.2 Å². The van der Waals surface area contributed by atoms with Crippen LogP contribution in [0.15, 0.2) is 18.2 Å². The summed E-state index contributed by atoms with van der Waals surface area (Å²) >= 11 is 6.00. The number of rotatable bonds is 7. The van der Waals surface area contributed by atoms with Gasteiger partial charge in [0.1, 0.15) is 5.75 Å². The molecule has 0 aliphatic carbocycles. The fourth-order valence-corrected chi connectivity index (χ4v) is 2.49. The van der Waals surface area contributed by atoms with Gasteiger partial charge in [-0.05, 0) is 31.5 Å². The quantitative estimate of drug-likeness (QED) is 0.790. The number of nitrogens with one attached hydrogen (secondary N) is 1. The van der Waals surface area contributed by atoms with E-state index in [0.29, 0.717) is 11.1 Å². The molecule has 0 radical (unpaired) electrons. The van der Waals surface area contributed by atoms with Crippen LogP contribution in [-0.4, -0.2) is 14.2 Å². The van der Waals surface area contributed by atoms with E-state index < -0.39 is 0 Å². The van der Waals surface area contributed by atoms with Gasteiger partial charge in [0.2, 0.25) is 0 Å². The molecule has 0 spiro atoms. The van der Waals surface area contributed by atoms with E-state index in [1.807, 2.05) is 19.2 Å². The molecule has 18 heavy (non-hydrogen) atoms. The van der Waals surface area contributed by atoms with Crippen LogP contribution in [0.5, 0.6) is 5.75 Å². The van der Waals surface area contributed by atoms with Crippen molar-refractivity contribution in [1.82, 2.24) is 5.32 Å². The van der Waals surface area contributed by atoms with E-state index >= 15 is 0 Å². The second kappa shape index (κ2) is 7.65. The van der Waals surface area contributed by atoms with Crippen LogP contribution in [0.2, 0.25) is 5.02 Å². The molecule has 0 fully saturated rings. The van der Waals surface area contributed by atoms with Crippen LogP contribution < -0.4 is 10.1 Å². The highest BCUT2D eigenvalue weighted by Crippen LogP contribution is 2.32. The first-order valence-electron chi connectivity index (χ1n) is 6.66. The van der Waals surface area contributed by atoms with Gasteiger partial charge < -0.3 is 10.1 Å². The van der Waals surface area contributed by atoms with Crippen molar-refractivity contribution >= 4 is 11.6 Å². The molecular weight excluding hydrogens is 246 g/mol. The highest BCUT2D eigenvalue weighted by atomic mass is 35.5. The topological polar surface area (TPSA) is 21.3 Å². The monoisotopic (exact) mass is 269 g/mol. The molecule has 0 heterocycles. The van der Waals surface area contributed by atoms with E-state index in [9.17, 15) is 0 Å². The summed E-state index contributed by atoms with van der Waals surface area (Å²) in [6.45, 7) is 4.50. The van der Waals surface area contributed by atoms with Gasteiger partial charge in [-0.2, -0.15) is 0 Å². The average molecular weight is 270 g/mol. The molecule has 2 nitrogen and oxygen atoms in total. The summed E-state index contributed by atoms with van der Waals surface area (Å²) in [5.74, 6) is 1.61. The third kappa shape index (κ3) is 3.89. The normalized spacial score (nSPS) is 12.8. The van der Waals surface area contributed by atoms with Crippen molar-refractivity contribution in [2.45, 2.75) is 39.2 Å². The molecule has 1 rings (SSSR count). The minimum atomic E-state index is 0.321. The van der Waals surface area contributed by atoms with Crippen LogP contribution in [0, 0.1) is 5.92 Å². The molecule has 1 aromatic carbocycles. The maximum absolute atomic E-state index is 6.00. The van der Waals surface area contributed by atoms with Crippen molar-refractivity contribution in [3.8, 4) is 5.75 Å². The van der Waals surface area contributed by atoms with Crippen LogP contribution in [0.3, 0.4) is 0 Å². The minimum Gasteiger partial charge on any atom is -0.496 e. The van der Waals surface area contributed by atoms with E-state index in [-0.39, 0.29) is 0 Å². The van der Waals surface area contributed by atoms with Crippen LogP contribution in [0.1, 0.15) is 44.7 Å². The first kappa shape index (κ1) is 15.3. The first-order chi connectivity index (χ1) is 8.65. The molecule has 0 saturated carbocycles. The lowest BCUT2D eigenvalue weighted by Gasteiger charge is -2.23. The Morgan fingerprint density at radius 3 is 2.44 bits per heavy atom. The van der Waals surface area contributed by atoms with Gasteiger partial charge in [0.05, 0.1) is 7.11 Å². The molecule has 0 bridgehead atoms. The second-order valence-corrected chi connectivity index (χ2v) is 5.08. The van der Waals surface area contributed by atoms with Crippen molar-refractivity contribution in [2.75, 3.05) is 14.2 Å². The predicted octanol–water partition coefficient (Wildman–Crippen LogP) is 4.44. The molecule has 0 aliphatic heterocycles. The number of hydrogen-bond donors (Lipinski definition) is 1. The van der Waals surface area contributed by atoms with Gasteiger partial charge in [0.25, 0.3) is 0 Å². The molecule has 0 aliphatic rings. The Labute approximate surface area is 116 Å². The van der Waals surface area contributed by atoms with Crippen molar-refractivity contribution < 1.29 is 4.74 Å². The highest BCUT2D eigenvalue weighted by molar-refractivity contribution is 6.30. The summed E-state index contributed by atoms with van der Waals surface area (Å²) in [6, 6.07) is 6.19. The number of hydrogen-bond acceptors (Lipinski definition) is 2.